The van der Waals surface area contributed by atoms with Crippen LogP contribution in [-0.2, 0) is 6.42 Å². The molecule has 1 aliphatic rings. The van der Waals surface area contributed by atoms with E-state index in [1.807, 2.05) is 0 Å². The van der Waals surface area contributed by atoms with Crippen LogP contribution in [0.2, 0.25) is 0 Å². The smallest absolute Gasteiger partial charge is 0.0184 e. The van der Waals surface area contributed by atoms with Gasteiger partial charge in [-0.1, -0.05) is 50.3 Å². The average Bonchev–Trinajstić information content (AvgIpc) is 2.38. The first-order chi connectivity index (χ1) is 8.76. The van der Waals surface area contributed by atoms with Crippen LogP contribution in [0.4, 0.5) is 0 Å². The largest absolute Gasteiger partial charge is 0.0871 e. The van der Waals surface area contributed by atoms with Gasteiger partial charge >= 0.3 is 0 Å². The molecular formula is C18H24. The quantitative estimate of drug-likeness (QED) is 0.612. The van der Waals surface area contributed by atoms with E-state index in [4.69, 9.17) is 0 Å². The number of allylic oxidation sites excluding steroid dienone is 4. The van der Waals surface area contributed by atoms with E-state index < -0.39 is 0 Å². The van der Waals surface area contributed by atoms with Crippen molar-refractivity contribution in [2.45, 2.75) is 52.4 Å². The van der Waals surface area contributed by atoms with Crippen LogP contribution in [0.1, 0.15) is 62.6 Å². The second-order valence-electron chi connectivity index (χ2n) is 5.27. The Hall–Kier alpha value is -1.30. The molecule has 18 heavy (non-hydrogen) atoms. The Bertz CT molecular complexity index is 463. The van der Waals surface area contributed by atoms with E-state index in [0.717, 1.165) is 12.3 Å². The Morgan fingerprint density at radius 3 is 2.94 bits per heavy atom. The van der Waals surface area contributed by atoms with Gasteiger partial charge in [-0.05, 0) is 60.8 Å². The molecule has 2 rings (SSSR count). The van der Waals surface area contributed by atoms with Gasteiger partial charge in [-0.15, -0.1) is 0 Å². The van der Waals surface area contributed by atoms with Crippen LogP contribution in [0.3, 0.4) is 0 Å². The molecule has 1 atom stereocenters. The highest BCUT2D eigenvalue weighted by molar-refractivity contribution is 5.74. The lowest BCUT2D eigenvalue weighted by Crippen LogP contribution is -2.07. The summed E-state index contributed by atoms with van der Waals surface area (Å²) in [5.74, 6) is 0.739. The second-order valence-corrected chi connectivity index (χ2v) is 5.27. The maximum absolute atomic E-state index is 2.41. The summed E-state index contributed by atoms with van der Waals surface area (Å²) in [7, 11) is 0. The van der Waals surface area contributed by atoms with E-state index >= 15 is 0 Å². The van der Waals surface area contributed by atoms with Gasteiger partial charge in [0, 0.05) is 0 Å². The molecule has 1 aromatic rings. The van der Waals surface area contributed by atoms with Gasteiger partial charge in [0.15, 0.2) is 0 Å². The van der Waals surface area contributed by atoms with Gasteiger partial charge in [0.05, 0.1) is 0 Å². The van der Waals surface area contributed by atoms with Gasteiger partial charge in [-0.3, -0.25) is 0 Å². The van der Waals surface area contributed by atoms with Crippen molar-refractivity contribution in [2.24, 2.45) is 0 Å². The van der Waals surface area contributed by atoms with Crippen LogP contribution < -0.4 is 0 Å². The monoisotopic (exact) mass is 240 g/mol. The van der Waals surface area contributed by atoms with Crippen molar-refractivity contribution in [1.29, 1.82) is 0 Å². The van der Waals surface area contributed by atoms with E-state index in [1.165, 1.54) is 30.4 Å². The highest BCUT2D eigenvalue weighted by Crippen LogP contribution is 2.33. The number of benzene rings is 1. The Balaban J connectivity index is 2.38. The second kappa shape index (κ2) is 6.04. The first-order valence-corrected chi connectivity index (χ1v) is 7.22. The summed E-state index contributed by atoms with van der Waals surface area (Å²) < 4.78 is 0. The number of rotatable bonds is 3. The van der Waals surface area contributed by atoms with Gasteiger partial charge in [0.2, 0.25) is 0 Å². The zero-order valence-electron chi connectivity index (χ0n) is 11.9. The van der Waals surface area contributed by atoms with Gasteiger partial charge in [0.25, 0.3) is 0 Å². The third kappa shape index (κ3) is 2.75. The van der Waals surface area contributed by atoms with Crippen molar-refractivity contribution < 1.29 is 0 Å². The van der Waals surface area contributed by atoms with Crippen molar-refractivity contribution in [3.63, 3.8) is 0 Å². The molecule has 0 heteroatoms. The van der Waals surface area contributed by atoms with Crippen LogP contribution in [0, 0.1) is 0 Å². The van der Waals surface area contributed by atoms with E-state index in [1.54, 1.807) is 11.1 Å². The summed E-state index contributed by atoms with van der Waals surface area (Å²) in [6, 6.07) is 7.05. The minimum atomic E-state index is 0.739. The number of fused-ring (bicyclic) bond motifs is 1. The van der Waals surface area contributed by atoms with Crippen molar-refractivity contribution in [1.82, 2.24) is 0 Å². The molecule has 0 fully saturated rings. The SMILES string of the molecule is C/C=C\C(=C/CC)c1ccc2c(c1)CCCC2C. The molecular weight excluding hydrogens is 216 g/mol. The third-order valence-electron chi connectivity index (χ3n) is 3.86. The molecule has 0 bridgehead atoms. The van der Waals surface area contributed by atoms with Gasteiger partial charge < -0.3 is 0 Å². The Labute approximate surface area is 111 Å². The van der Waals surface area contributed by atoms with E-state index in [2.05, 4.69) is 57.2 Å². The number of aryl methyl sites for hydroxylation is 1. The van der Waals surface area contributed by atoms with Gasteiger partial charge in [0.1, 0.15) is 0 Å². The lowest BCUT2D eigenvalue weighted by molar-refractivity contribution is 0.590. The Kier molecular flexibility index (Phi) is 4.41. The zero-order valence-corrected chi connectivity index (χ0v) is 11.9. The summed E-state index contributed by atoms with van der Waals surface area (Å²) in [6.07, 6.45) is 11.7. The number of hydrogen-bond donors (Lipinski definition) is 0. The summed E-state index contributed by atoms with van der Waals surface area (Å²) in [4.78, 5) is 0. The zero-order chi connectivity index (χ0) is 13.0. The summed E-state index contributed by atoms with van der Waals surface area (Å²) in [5, 5.41) is 0. The predicted octanol–water partition coefficient (Wildman–Crippen LogP) is 5.50. The van der Waals surface area contributed by atoms with Gasteiger partial charge in [-0.2, -0.15) is 0 Å². The fourth-order valence-electron chi connectivity index (χ4n) is 2.92. The molecule has 1 aliphatic carbocycles. The van der Waals surface area contributed by atoms with E-state index in [9.17, 15) is 0 Å². The molecule has 0 heterocycles. The molecule has 96 valence electrons. The topological polar surface area (TPSA) is 0 Å². The molecule has 0 saturated carbocycles. The normalized spacial score (nSPS) is 20.2. The molecule has 0 radical (unpaired) electrons. The molecule has 0 aliphatic heterocycles. The van der Waals surface area contributed by atoms with Crippen LogP contribution in [-0.4, -0.2) is 0 Å². The summed E-state index contributed by atoms with van der Waals surface area (Å²) in [6.45, 7) is 6.64. The lowest BCUT2D eigenvalue weighted by Gasteiger charge is -2.23. The summed E-state index contributed by atoms with van der Waals surface area (Å²) in [5.41, 5.74) is 5.88. The first kappa shape index (κ1) is 13.1. The fourth-order valence-corrected chi connectivity index (χ4v) is 2.92. The first-order valence-electron chi connectivity index (χ1n) is 7.22. The van der Waals surface area contributed by atoms with Crippen molar-refractivity contribution in [3.05, 3.63) is 53.1 Å². The molecule has 0 spiro atoms. The molecule has 0 amide bonds. The molecule has 0 aromatic heterocycles. The average molecular weight is 240 g/mol. The van der Waals surface area contributed by atoms with Crippen LogP contribution in [0.25, 0.3) is 5.57 Å². The Morgan fingerprint density at radius 2 is 2.22 bits per heavy atom. The third-order valence-corrected chi connectivity index (χ3v) is 3.86. The van der Waals surface area contributed by atoms with Crippen LogP contribution >= 0.6 is 0 Å². The highest BCUT2D eigenvalue weighted by Gasteiger charge is 2.16. The van der Waals surface area contributed by atoms with Crippen molar-refractivity contribution in [2.75, 3.05) is 0 Å². The van der Waals surface area contributed by atoms with Crippen molar-refractivity contribution >= 4 is 5.57 Å². The minimum Gasteiger partial charge on any atom is -0.0871 e. The maximum atomic E-state index is 2.41. The highest BCUT2D eigenvalue weighted by atomic mass is 14.2. The maximum Gasteiger partial charge on any atom is -0.0184 e. The molecule has 1 aromatic carbocycles. The molecule has 0 N–H and O–H groups in total. The number of hydrogen-bond acceptors (Lipinski definition) is 0. The molecule has 0 saturated heterocycles. The van der Waals surface area contributed by atoms with Crippen LogP contribution in [0.5, 0.6) is 0 Å². The van der Waals surface area contributed by atoms with E-state index in [-0.39, 0.29) is 0 Å². The van der Waals surface area contributed by atoms with Crippen LogP contribution in [0.15, 0.2) is 36.4 Å². The summed E-state index contributed by atoms with van der Waals surface area (Å²) >= 11 is 0. The minimum absolute atomic E-state index is 0.739. The fraction of sp³-hybridized carbons (Fsp3) is 0.444. The van der Waals surface area contributed by atoms with Gasteiger partial charge in [-0.25, -0.2) is 0 Å². The van der Waals surface area contributed by atoms with Crippen molar-refractivity contribution in [3.8, 4) is 0 Å². The predicted molar refractivity (Wildman–Crippen MR) is 80.9 cm³/mol. The lowest BCUT2D eigenvalue weighted by atomic mass is 9.82. The Morgan fingerprint density at radius 1 is 1.39 bits per heavy atom. The molecule has 1 unspecified atom stereocenters. The van der Waals surface area contributed by atoms with E-state index in [0.29, 0.717) is 0 Å². The standard InChI is InChI=1S/C18H24/c1-4-7-15(8-5-2)16-11-12-18-14(3)9-6-10-17(18)13-16/h4,7-8,11-14H,5-6,9-10H2,1-3H3/b7-4-,15-8+. The molecule has 0 nitrogen and oxygen atoms in total.